The minimum atomic E-state index is 0.350. The molecule has 2 fully saturated rings. The summed E-state index contributed by atoms with van der Waals surface area (Å²) in [6.45, 7) is 0. The van der Waals surface area contributed by atoms with Gasteiger partial charge in [-0.1, -0.05) is 29.8 Å². The summed E-state index contributed by atoms with van der Waals surface area (Å²) in [6.07, 6.45) is 11.5. The molecule has 4 aliphatic rings. The molecule has 2 aromatic rings. The first-order valence-corrected chi connectivity index (χ1v) is 12.3. The Labute approximate surface area is 177 Å². The van der Waals surface area contributed by atoms with E-state index < -0.39 is 0 Å². The van der Waals surface area contributed by atoms with Crippen LogP contribution in [0.25, 0.3) is 11.1 Å². The van der Waals surface area contributed by atoms with E-state index in [0.29, 0.717) is 5.78 Å². The quantitative estimate of drug-likeness (QED) is 0.516. The number of carbonyl (C=O) groups is 1. The number of hydrogen-bond acceptors (Lipinski definition) is 2. The first kappa shape index (κ1) is 17.9. The van der Waals surface area contributed by atoms with E-state index in [9.17, 15) is 4.79 Å². The Kier molecular flexibility index (Phi) is 4.37. The lowest BCUT2D eigenvalue weighted by Gasteiger charge is -2.42. The summed E-state index contributed by atoms with van der Waals surface area (Å²) in [7, 11) is 0. The highest BCUT2D eigenvalue weighted by molar-refractivity contribution is 7.08. The maximum atomic E-state index is 11.9. The molecule has 4 aliphatic carbocycles. The van der Waals surface area contributed by atoms with Gasteiger partial charge in [-0.2, -0.15) is 11.3 Å². The third-order valence-electron chi connectivity index (χ3n) is 8.19. The van der Waals surface area contributed by atoms with Gasteiger partial charge in [-0.3, -0.25) is 4.79 Å². The smallest absolute Gasteiger partial charge is 0.156 e. The summed E-state index contributed by atoms with van der Waals surface area (Å²) in [5, 5.41) is 4.39. The molecule has 0 N–H and O–H groups in total. The Morgan fingerprint density at radius 3 is 2.59 bits per heavy atom. The molecule has 0 aliphatic heterocycles. The maximum Gasteiger partial charge on any atom is 0.156 e. The molecule has 4 atom stereocenters. The summed E-state index contributed by atoms with van der Waals surface area (Å²) in [5.41, 5.74) is 8.98. The lowest BCUT2D eigenvalue weighted by Crippen LogP contribution is -2.30. The molecule has 1 aromatic carbocycles. The van der Waals surface area contributed by atoms with Gasteiger partial charge >= 0.3 is 0 Å². The minimum Gasteiger partial charge on any atom is -0.295 e. The van der Waals surface area contributed by atoms with Crippen molar-refractivity contribution in [3.8, 4) is 11.1 Å². The predicted octanol–water partition coefficient (Wildman–Crippen LogP) is 7.31. The van der Waals surface area contributed by atoms with Crippen molar-refractivity contribution in [2.45, 2.75) is 57.3 Å². The second kappa shape index (κ2) is 7.09. The van der Waals surface area contributed by atoms with E-state index in [4.69, 9.17) is 0 Å². The van der Waals surface area contributed by atoms with Gasteiger partial charge in [0.2, 0.25) is 0 Å². The molecule has 0 radical (unpaired) electrons. The van der Waals surface area contributed by atoms with Gasteiger partial charge in [0.1, 0.15) is 0 Å². The summed E-state index contributed by atoms with van der Waals surface area (Å²) in [5.74, 6) is 3.65. The first-order valence-electron chi connectivity index (χ1n) is 11.3. The highest BCUT2D eigenvalue weighted by Gasteiger charge is 2.45. The Morgan fingerprint density at radius 1 is 0.862 bits per heavy atom. The van der Waals surface area contributed by atoms with E-state index >= 15 is 0 Å². The Morgan fingerprint density at radius 2 is 1.76 bits per heavy atom. The van der Waals surface area contributed by atoms with Gasteiger partial charge < -0.3 is 0 Å². The number of thiophene rings is 1. The number of benzene rings is 1. The van der Waals surface area contributed by atoms with Crippen molar-refractivity contribution >= 4 is 17.1 Å². The fourth-order valence-electron chi connectivity index (χ4n) is 6.84. The second-order valence-corrected chi connectivity index (χ2v) is 10.3. The van der Waals surface area contributed by atoms with Crippen LogP contribution in [0.1, 0.15) is 62.8 Å². The van der Waals surface area contributed by atoms with Crippen LogP contribution in [0.4, 0.5) is 0 Å². The van der Waals surface area contributed by atoms with Gasteiger partial charge in [0.15, 0.2) is 5.78 Å². The molecule has 1 nitrogen and oxygen atoms in total. The van der Waals surface area contributed by atoms with Crippen molar-refractivity contribution in [3.05, 3.63) is 69.5 Å². The van der Waals surface area contributed by atoms with Gasteiger partial charge in [0.25, 0.3) is 0 Å². The highest BCUT2D eigenvalue weighted by Crippen LogP contribution is 2.57. The topological polar surface area (TPSA) is 17.1 Å². The van der Waals surface area contributed by atoms with E-state index in [-0.39, 0.29) is 0 Å². The Bertz CT molecular complexity index is 992. The van der Waals surface area contributed by atoms with Gasteiger partial charge in [0, 0.05) is 6.42 Å². The molecule has 1 unspecified atom stereocenters. The molecular weight excluding hydrogens is 372 g/mol. The molecule has 1 aromatic heterocycles. The summed E-state index contributed by atoms with van der Waals surface area (Å²) >= 11 is 1.77. The van der Waals surface area contributed by atoms with Gasteiger partial charge in [-0.05, 0) is 119 Å². The zero-order valence-electron chi connectivity index (χ0n) is 16.9. The molecule has 0 amide bonds. The predicted molar refractivity (Wildman–Crippen MR) is 120 cm³/mol. The number of allylic oxidation sites excluding steroid dienone is 4. The van der Waals surface area contributed by atoms with E-state index in [1.165, 1.54) is 48.8 Å². The van der Waals surface area contributed by atoms with Crippen LogP contribution in [0.5, 0.6) is 0 Å². The van der Waals surface area contributed by atoms with Crippen LogP contribution in [-0.2, 0) is 4.79 Å². The van der Waals surface area contributed by atoms with Crippen LogP contribution in [0.2, 0.25) is 0 Å². The number of hydrogen-bond donors (Lipinski definition) is 0. The Balaban J connectivity index is 1.24. The van der Waals surface area contributed by atoms with Crippen LogP contribution in [0, 0.1) is 17.8 Å². The summed E-state index contributed by atoms with van der Waals surface area (Å²) < 4.78 is 0. The van der Waals surface area contributed by atoms with Crippen molar-refractivity contribution < 1.29 is 4.79 Å². The first-order chi connectivity index (χ1) is 14.3. The van der Waals surface area contributed by atoms with Crippen molar-refractivity contribution in [3.63, 3.8) is 0 Å². The van der Waals surface area contributed by atoms with Crippen LogP contribution in [0.15, 0.2) is 63.9 Å². The zero-order chi connectivity index (χ0) is 19.4. The van der Waals surface area contributed by atoms with Gasteiger partial charge in [-0.25, -0.2) is 0 Å². The lowest BCUT2D eigenvalue weighted by atomic mass is 9.63. The zero-order valence-corrected chi connectivity index (χ0v) is 17.7. The van der Waals surface area contributed by atoms with Crippen LogP contribution in [-0.4, -0.2) is 5.78 Å². The van der Waals surface area contributed by atoms with Crippen LogP contribution >= 0.6 is 11.3 Å². The van der Waals surface area contributed by atoms with Crippen molar-refractivity contribution in [2.75, 3.05) is 0 Å². The van der Waals surface area contributed by atoms with Crippen molar-refractivity contribution in [2.24, 2.45) is 17.8 Å². The number of ketones is 1. The number of fused-ring (bicyclic) bond motifs is 4. The number of carbonyl (C=O) groups excluding carboxylic acids is 1. The third kappa shape index (κ3) is 3.08. The standard InChI is InChI=1S/C27H28OS/c28-23-7-10-24-20(14-23)6-9-26-25(24)8-5-19-13-22(15-27(19)26)18-3-1-17(2-4-18)21-11-12-29-16-21/h1-4,11-12,14,16,19,22,26-27H,5-10,13,15H2/t19-,22?,26-,27-/m1/s1. The summed E-state index contributed by atoms with van der Waals surface area (Å²) in [6, 6.07) is 11.6. The molecule has 2 heteroatoms. The average molecular weight is 401 g/mol. The maximum absolute atomic E-state index is 11.9. The second-order valence-electron chi connectivity index (χ2n) is 9.55. The molecule has 0 spiro atoms. The van der Waals surface area contributed by atoms with Gasteiger partial charge in [0.05, 0.1) is 0 Å². The lowest BCUT2D eigenvalue weighted by molar-refractivity contribution is -0.114. The van der Waals surface area contributed by atoms with Crippen LogP contribution < -0.4 is 0 Å². The third-order valence-corrected chi connectivity index (χ3v) is 8.87. The SMILES string of the molecule is O=C1C=C2CC[C@@H]3C(=C2CC1)CC[C@@H]1CC(c2ccc(-c4ccsc4)cc2)C[C@H]13. The van der Waals surface area contributed by atoms with E-state index in [1.807, 2.05) is 6.08 Å². The fraction of sp³-hybridized carbons (Fsp3) is 0.444. The molecule has 148 valence electrons. The molecule has 29 heavy (non-hydrogen) atoms. The molecule has 1 heterocycles. The van der Waals surface area contributed by atoms with Crippen molar-refractivity contribution in [1.82, 2.24) is 0 Å². The Hall–Kier alpha value is -1.93. The monoisotopic (exact) mass is 400 g/mol. The van der Waals surface area contributed by atoms with E-state index in [0.717, 1.165) is 42.9 Å². The van der Waals surface area contributed by atoms with Crippen LogP contribution in [0.3, 0.4) is 0 Å². The average Bonchev–Trinajstić information content (AvgIpc) is 3.43. The molecule has 0 saturated heterocycles. The van der Waals surface area contributed by atoms with E-state index in [1.54, 1.807) is 28.0 Å². The summed E-state index contributed by atoms with van der Waals surface area (Å²) in [4.78, 5) is 11.9. The normalized spacial score (nSPS) is 31.2. The molecule has 6 rings (SSSR count). The van der Waals surface area contributed by atoms with Gasteiger partial charge in [-0.15, -0.1) is 0 Å². The molecule has 0 bridgehead atoms. The number of rotatable bonds is 2. The fourth-order valence-corrected chi connectivity index (χ4v) is 7.51. The van der Waals surface area contributed by atoms with Crippen molar-refractivity contribution in [1.29, 1.82) is 0 Å². The largest absolute Gasteiger partial charge is 0.295 e. The highest BCUT2D eigenvalue weighted by atomic mass is 32.1. The molecule has 2 saturated carbocycles. The molecular formula is C27H28OS. The van der Waals surface area contributed by atoms with E-state index in [2.05, 4.69) is 41.1 Å². The minimum absolute atomic E-state index is 0.350.